The summed E-state index contributed by atoms with van der Waals surface area (Å²) in [5.74, 6) is -0.238. The number of benzene rings is 1. The average Bonchev–Trinajstić information content (AvgIpc) is 2.27. The quantitative estimate of drug-likeness (QED) is 0.836. The fraction of sp³-hybridized carbons (Fsp3) is 0.417. The van der Waals surface area contributed by atoms with E-state index in [1.54, 1.807) is 6.07 Å². The molecule has 0 radical (unpaired) electrons. The van der Waals surface area contributed by atoms with Crippen LogP contribution in [0.3, 0.4) is 0 Å². The SMILES string of the molecule is COC(=O)C1(CNc2cccc(Cl)c2)COC1. The van der Waals surface area contributed by atoms with Gasteiger partial charge in [0.1, 0.15) is 5.41 Å². The van der Waals surface area contributed by atoms with Crippen molar-refractivity contribution >= 4 is 23.3 Å². The highest BCUT2D eigenvalue weighted by Crippen LogP contribution is 2.29. The molecule has 0 aromatic heterocycles. The van der Waals surface area contributed by atoms with Gasteiger partial charge in [-0.2, -0.15) is 0 Å². The Bertz CT molecular complexity index is 418. The van der Waals surface area contributed by atoms with Gasteiger partial charge in [-0.25, -0.2) is 0 Å². The van der Waals surface area contributed by atoms with E-state index in [4.69, 9.17) is 21.1 Å². The first-order valence-corrected chi connectivity index (χ1v) is 5.70. The fourth-order valence-corrected chi connectivity index (χ4v) is 1.92. The molecule has 0 spiro atoms. The first-order chi connectivity index (χ1) is 8.16. The second-order valence-electron chi connectivity index (χ2n) is 4.13. The number of halogens is 1. The van der Waals surface area contributed by atoms with Gasteiger partial charge < -0.3 is 14.8 Å². The molecule has 2 rings (SSSR count). The van der Waals surface area contributed by atoms with Crippen molar-refractivity contribution < 1.29 is 14.3 Å². The molecule has 0 saturated carbocycles. The zero-order chi connectivity index (χ0) is 12.3. The van der Waals surface area contributed by atoms with Gasteiger partial charge in [0.05, 0.1) is 20.3 Å². The van der Waals surface area contributed by atoms with Crippen LogP contribution in [0.15, 0.2) is 24.3 Å². The first-order valence-electron chi connectivity index (χ1n) is 5.32. The van der Waals surface area contributed by atoms with Crippen molar-refractivity contribution in [2.24, 2.45) is 5.41 Å². The van der Waals surface area contributed by atoms with Crippen LogP contribution in [-0.4, -0.2) is 32.8 Å². The molecule has 17 heavy (non-hydrogen) atoms. The monoisotopic (exact) mass is 255 g/mol. The number of ether oxygens (including phenoxy) is 2. The summed E-state index contributed by atoms with van der Waals surface area (Å²) in [7, 11) is 1.39. The summed E-state index contributed by atoms with van der Waals surface area (Å²) in [4.78, 5) is 11.6. The Labute approximate surface area is 105 Å². The molecule has 1 aliphatic rings. The third-order valence-corrected chi connectivity index (χ3v) is 3.07. The summed E-state index contributed by atoms with van der Waals surface area (Å²) in [5, 5.41) is 3.84. The second kappa shape index (κ2) is 4.94. The lowest BCUT2D eigenvalue weighted by molar-refractivity contribution is -0.180. The van der Waals surface area contributed by atoms with Crippen LogP contribution in [0.1, 0.15) is 0 Å². The van der Waals surface area contributed by atoms with Crippen molar-refractivity contribution in [2.45, 2.75) is 0 Å². The fourth-order valence-electron chi connectivity index (χ4n) is 1.73. The lowest BCUT2D eigenvalue weighted by Gasteiger charge is -2.38. The Morgan fingerprint density at radius 1 is 1.59 bits per heavy atom. The van der Waals surface area contributed by atoms with Crippen molar-refractivity contribution in [3.63, 3.8) is 0 Å². The van der Waals surface area contributed by atoms with Crippen molar-refractivity contribution in [1.82, 2.24) is 0 Å². The molecule has 4 nitrogen and oxygen atoms in total. The number of hydrogen-bond donors (Lipinski definition) is 1. The van der Waals surface area contributed by atoms with Crippen LogP contribution in [0.4, 0.5) is 5.69 Å². The first kappa shape index (κ1) is 12.2. The highest BCUT2D eigenvalue weighted by molar-refractivity contribution is 6.30. The van der Waals surface area contributed by atoms with Gasteiger partial charge in [0, 0.05) is 17.3 Å². The minimum atomic E-state index is -0.558. The average molecular weight is 256 g/mol. The van der Waals surface area contributed by atoms with Gasteiger partial charge in [-0.1, -0.05) is 17.7 Å². The van der Waals surface area contributed by atoms with Gasteiger partial charge in [-0.05, 0) is 18.2 Å². The largest absolute Gasteiger partial charge is 0.468 e. The van der Waals surface area contributed by atoms with Gasteiger partial charge in [-0.15, -0.1) is 0 Å². The summed E-state index contributed by atoms with van der Waals surface area (Å²) in [5.41, 5.74) is 0.324. The van der Waals surface area contributed by atoms with Crippen LogP contribution in [-0.2, 0) is 14.3 Å². The van der Waals surface area contributed by atoms with E-state index in [0.29, 0.717) is 24.8 Å². The van der Waals surface area contributed by atoms with E-state index in [0.717, 1.165) is 5.69 Å². The normalized spacial score (nSPS) is 17.1. The van der Waals surface area contributed by atoms with Crippen molar-refractivity contribution in [2.75, 3.05) is 32.2 Å². The minimum Gasteiger partial charge on any atom is -0.468 e. The maximum absolute atomic E-state index is 11.6. The van der Waals surface area contributed by atoms with Gasteiger partial charge in [0.2, 0.25) is 0 Å². The van der Waals surface area contributed by atoms with Gasteiger partial charge in [0.25, 0.3) is 0 Å². The second-order valence-corrected chi connectivity index (χ2v) is 4.57. The summed E-state index contributed by atoms with van der Waals surface area (Å²) in [6.45, 7) is 1.28. The number of methoxy groups -OCH3 is 1. The topological polar surface area (TPSA) is 47.6 Å². The van der Waals surface area contributed by atoms with Gasteiger partial charge in [-0.3, -0.25) is 4.79 Å². The predicted molar refractivity (Wildman–Crippen MR) is 65.2 cm³/mol. The molecule has 1 fully saturated rings. The Morgan fingerprint density at radius 3 is 2.88 bits per heavy atom. The number of nitrogens with one attached hydrogen (secondary N) is 1. The van der Waals surface area contributed by atoms with E-state index < -0.39 is 5.41 Å². The number of rotatable bonds is 4. The zero-order valence-electron chi connectivity index (χ0n) is 9.53. The number of esters is 1. The third kappa shape index (κ3) is 2.53. The lowest BCUT2D eigenvalue weighted by Crippen LogP contribution is -2.54. The molecule has 0 aliphatic carbocycles. The molecule has 1 heterocycles. The number of hydrogen-bond acceptors (Lipinski definition) is 4. The predicted octanol–water partition coefficient (Wildman–Crippen LogP) is 1.94. The highest BCUT2D eigenvalue weighted by atomic mass is 35.5. The van der Waals surface area contributed by atoms with E-state index in [-0.39, 0.29) is 5.97 Å². The van der Waals surface area contributed by atoms with Crippen LogP contribution in [0.2, 0.25) is 5.02 Å². The Morgan fingerprint density at radius 2 is 2.35 bits per heavy atom. The van der Waals surface area contributed by atoms with Crippen LogP contribution in [0.25, 0.3) is 0 Å². The Kier molecular flexibility index (Phi) is 3.54. The summed E-state index contributed by atoms with van der Waals surface area (Å²) < 4.78 is 9.89. The van der Waals surface area contributed by atoms with Crippen molar-refractivity contribution in [3.8, 4) is 0 Å². The number of carbonyl (C=O) groups is 1. The molecule has 0 amide bonds. The van der Waals surface area contributed by atoms with E-state index in [1.165, 1.54) is 7.11 Å². The molecule has 92 valence electrons. The number of anilines is 1. The molecule has 1 aliphatic heterocycles. The third-order valence-electron chi connectivity index (χ3n) is 2.83. The molecule has 1 aromatic rings. The zero-order valence-corrected chi connectivity index (χ0v) is 10.3. The maximum atomic E-state index is 11.6. The lowest BCUT2D eigenvalue weighted by atomic mass is 9.86. The van der Waals surface area contributed by atoms with E-state index in [1.807, 2.05) is 18.2 Å². The summed E-state index contributed by atoms with van der Waals surface area (Å²) >= 11 is 5.88. The smallest absolute Gasteiger partial charge is 0.318 e. The van der Waals surface area contributed by atoms with E-state index in [2.05, 4.69) is 5.32 Å². The molecule has 5 heteroatoms. The van der Waals surface area contributed by atoms with Crippen LogP contribution in [0, 0.1) is 5.41 Å². The minimum absolute atomic E-state index is 0.238. The standard InChI is InChI=1S/C12H14ClNO3/c1-16-11(15)12(7-17-8-12)6-14-10-4-2-3-9(13)5-10/h2-5,14H,6-8H2,1H3. The summed E-state index contributed by atoms with van der Waals surface area (Å²) in [6, 6.07) is 7.37. The van der Waals surface area contributed by atoms with Crippen molar-refractivity contribution in [3.05, 3.63) is 29.3 Å². The molecule has 1 aromatic carbocycles. The molecule has 1 saturated heterocycles. The van der Waals surface area contributed by atoms with Crippen LogP contribution < -0.4 is 5.32 Å². The van der Waals surface area contributed by atoms with Crippen LogP contribution >= 0.6 is 11.6 Å². The molecular weight excluding hydrogens is 242 g/mol. The van der Waals surface area contributed by atoms with Crippen LogP contribution in [0.5, 0.6) is 0 Å². The Hall–Kier alpha value is -1.26. The number of carbonyl (C=O) groups excluding carboxylic acids is 1. The van der Waals surface area contributed by atoms with Crippen molar-refractivity contribution in [1.29, 1.82) is 0 Å². The molecule has 1 N–H and O–H groups in total. The highest BCUT2D eigenvalue weighted by Gasteiger charge is 2.47. The molecular formula is C12H14ClNO3. The summed E-state index contributed by atoms with van der Waals surface area (Å²) in [6.07, 6.45) is 0. The molecule has 0 bridgehead atoms. The Balaban J connectivity index is 1.99. The molecule has 0 unspecified atom stereocenters. The van der Waals surface area contributed by atoms with E-state index >= 15 is 0 Å². The maximum Gasteiger partial charge on any atom is 0.318 e. The van der Waals surface area contributed by atoms with E-state index in [9.17, 15) is 4.79 Å². The van der Waals surface area contributed by atoms with Gasteiger partial charge >= 0.3 is 5.97 Å². The molecule has 0 atom stereocenters. The van der Waals surface area contributed by atoms with Gasteiger partial charge in [0.15, 0.2) is 0 Å².